The van der Waals surface area contributed by atoms with Crippen molar-refractivity contribution in [1.82, 2.24) is 10.2 Å². The number of aromatic nitrogens is 2. The van der Waals surface area contributed by atoms with Gasteiger partial charge in [-0.3, -0.25) is 5.41 Å². The first kappa shape index (κ1) is 13.7. The largest absolute Gasteiger partial charge is 0.384 e. The van der Waals surface area contributed by atoms with E-state index in [1.165, 1.54) is 0 Å². The van der Waals surface area contributed by atoms with Crippen LogP contribution in [0.1, 0.15) is 30.2 Å². The lowest BCUT2D eigenvalue weighted by Gasteiger charge is -2.29. The Hall–Kier alpha value is -1.69. The van der Waals surface area contributed by atoms with Crippen molar-refractivity contribution in [3.8, 4) is 0 Å². The van der Waals surface area contributed by atoms with Gasteiger partial charge in [0.1, 0.15) is 5.84 Å². The van der Waals surface area contributed by atoms with Gasteiger partial charge in [-0.15, -0.1) is 5.10 Å². The molecule has 1 aromatic heterocycles. The lowest BCUT2D eigenvalue weighted by atomic mass is 10.1. The van der Waals surface area contributed by atoms with Crippen molar-refractivity contribution in [3.05, 3.63) is 16.8 Å². The second kappa shape index (κ2) is 5.13. The highest BCUT2D eigenvalue weighted by atomic mass is 16.5. The van der Waals surface area contributed by atoms with Crippen LogP contribution in [-0.4, -0.2) is 41.8 Å². The lowest BCUT2D eigenvalue weighted by molar-refractivity contribution is 0.118. The van der Waals surface area contributed by atoms with Gasteiger partial charge in [0.05, 0.1) is 23.4 Å². The van der Waals surface area contributed by atoms with Crippen LogP contribution in [0.3, 0.4) is 0 Å². The predicted molar refractivity (Wildman–Crippen MR) is 74.7 cm³/mol. The molecule has 1 fully saturated rings. The van der Waals surface area contributed by atoms with Crippen molar-refractivity contribution in [2.24, 2.45) is 5.73 Å². The number of aryl methyl sites for hydroxylation is 1. The molecule has 0 radical (unpaired) electrons. The van der Waals surface area contributed by atoms with Crippen molar-refractivity contribution in [2.75, 3.05) is 18.6 Å². The van der Waals surface area contributed by atoms with Gasteiger partial charge in [0.25, 0.3) is 0 Å². The van der Waals surface area contributed by atoms with Crippen LogP contribution in [0.4, 0.5) is 5.82 Å². The summed E-state index contributed by atoms with van der Waals surface area (Å²) in [5.41, 5.74) is 8.10. The molecule has 1 aliphatic heterocycles. The monoisotopic (exact) mass is 263 g/mol. The minimum Gasteiger partial charge on any atom is -0.384 e. The highest BCUT2D eigenvalue weighted by Crippen LogP contribution is 2.27. The van der Waals surface area contributed by atoms with Crippen LogP contribution in [0.5, 0.6) is 0 Å². The SMILES string of the molecule is Cc1nnc(N(C)C2CCOC2C)c(C(=N)N)c1C. The minimum absolute atomic E-state index is 0.0314. The van der Waals surface area contributed by atoms with Crippen molar-refractivity contribution >= 4 is 11.7 Å². The zero-order chi connectivity index (χ0) is 14.2. The quantitative estimate of drug-likeness (QED) is 0.627. The third-order valence-corrected chi connectivity index (χ3v) is 3.87. The molecular formula is C13H21N5O. The molecule has 104 valence electrons. The van der Waals surface area contributed by atoms with Crippen LogP contribution in [0.15, 0.2) is 0 Å². The number of hydrogen-bond acceptors (Lipinski definition) is 5. The summed E-state index contributed by atoms with van der Waals surface area (Å²) < 4.78 is 5.59. The Morgan fingerprint density at radius 2 is 2.11 bits per heavy atom. The molecule has 0 aromatic carbocycles. The molecule has 2 atom stereocenters. The first-order chi connectivity index (χ1) is 8.93. The normalized spacial score (nSPS) is 22.5. The molecule has 0 spiro atoms. The zero-order valence-electron chi connectivity index (χ0n) is 11.9. The van der Waals surface area contributed by atoms with E-state index in [1.54, 1.807) is 0 Å². The van der Waals surface area contributed by atoms with Gasteiger partial charge in [0, 0.05) is 13.7 Å². The number of anilines is 1. The minimum atomic E-state index is 0.0314. The number of nitrogens with two attached hydrogens (primary N) is 1. The Kier molecular flexibility index (Phi) is 3.71. The number of ether oxygens (including phenoxy) is 1. The number of nitrogens with one attached hydrogen (secondary N) is 1. The molecule has 2 rings (SSSR count). The second-order valence-corrected chi connectivity index (χ2v) is 5.07. The first-order valence-corrected chi connectivity index (χ1v) is 6.46. The summed E-state index contributed by atoms with van der Waals surface area (Å²) in [5, 5.41) is 16.2. The van der Waals surface area contributed by atoms with Crippen LogP contribution in [-0.2, 0) is 4.74 Å². The molecule has 19 heavy (non-hydrogen) atoms. The van der Waals surface area contributed by atoms with E-state index in [2.05, 4.69) is 17.1 Å². The summed E-state index contributed by atoms with van der Waals surface area (Å²) in [6.45, 7) is 6.60. The first-order valence-electron chi connectivity index (χ1n) is 6.46. The molecule has 3 N–H and O–H groups in total. The van der Waals surface area contributed by atoms with E-state index >= 15 is 0 Å². The highest BCUT2D eigenvalue weighted by molar-refractivity contribution is 6.01. The van der Waals surface area contributed by atoms with Gasteiger partial charge in [-0.25, -0.2) is 0 Å². The number of hydrogen-bond donors (Lipinski definition) is 2. The summed E-state index contributed by atoms with van der Waals surface area (Å²) in [7, 11) is 1.96. The average Bonchev–Trinajstić information content (AvgIpc) is 2.77. The summed E-state index contributed by atoms with van der Waals surface area (Å²) in [6.07, 6.45) is 1.09. The Morgan fingerprint density at radius 1 is 1.42 bits per heavy atom. The fourth-order valence-corrected chi connectivity index (χ4v) is 2.55. The molecule has 0 amide bonds. The van der Waals surface area contributed by atoms with Crippen molar-refractivity contribution in [3.63, 3.8) is 0 Å². The van der Waals surface area contributed by atoms with Crippen molar-refractivity contribution in [1.29, 1.82) is 5.41 Å². The van der Waals surface area contributed by atoms with Gasteiger partial charge in [-0.2, -0.15) is 5.10 Å². The van der Waals surface area contributed by atoms with Gasteiger partial charge < -0.3 is 15.4 Å². The van der Waals surface area contributed by atoms with Crippen LogP contribution < -0.4 is 10.6 Å². The molecule has 0 aliphatic carbocycles. The van der Waals surface area contributed by atoms with Crippen LogP contribution >= 0.6 is 0 Å². The van der Waals surface area contributed by atoms with E-state index < -0.39 is 0 Å². The Labute approximate surface area is 113 Å². The maximum Gasteiger partial charge on any atom is 0.162 e. The predicted octanol–water partition coefficient (Wildman–Crippen LogP) is 0.991. The van der Waals surface area contributed by atoms with E-state index in [9.17, 15) is 0 Å². The topological polar surface area (TPSA) is 88.1 Å². The van der Waals surface area contributed by atoms with E-state index in [0.29, 0.717) is 11.4 Å². The zero-order valence-corrected chi connectivity index (χ0v) is 11.9. The van der Waals surface area contributed by atoms with Crippen LogP contribution in [0.2, 0.25) is 0 Å². The summed E-state index contributed by atoms with van der Waals surface area (Å²) in [4.78, 5) is 2.04. The summed E-state index contributed by atoms with van der Waals surface area (Å²) in [5.74, 6) is 0.696. The average molecular weight is 263 g/mol. The van der Waals surface area contributed by atoms with Gasteiger partial charge in [0.15, 0.2) is 5.82 Å². The summed E-state index contributed by atoms with van der Waals surface area (Å²) in [6, 6.07) is 0.245. The smallest absolute Gasteiger partial charge is 0.162 e. The van der Waals surface area contributed by atoms with E-state index in [4.69, 9.17) is 15.9 Å². The second-order valence-electron chi connectivity index (χ2n) is 5.07. The summed E-state index contributed by atoms with van der Waals surface area (Å²) >= 11 is 0. The Morgan fingerprint density at radius 3 is 2.63 bits per heavy atom. The van der Waals surface area contributed by atoms with Crippen LogP contribution in [0, 0.1) is 19.3 Å². The molecule has 1 aliphatic rings. The van der Waals surface area contributed by atoms with Gasteiger partial charge in [0.2, 0.25) is 0 Å². The third kappa shape index (κ3) is 2.40. The van der Waals surface area contributed by atoms with Crippen molar-refractivity contribution < 1.29 is 4.74 Å². The standard InChI is InChI=1S/C13H21N5O/c1-7-8(2)16-17-13(11(7)12(14)15)18(4)10-5-6-19-9(10)3/h9-10H,5-6H2,1-4H3,(H3,14,15). The molecule has 1 aromatic rings. The van der Waals surface area contributed by atoms with Gasteiger partial charge in [-0.05, 0) is 32.8 Å². The molecule has 6 nitrogen and oxygen atoms in total. The maximum absolute atomic E-state index is 7.78. The number of nitrogens with zero attached hydrogens (tertiary/aromatic N) is 3. The number of amidine groups is 1. The Balaban J connectivity index is 2.44. The molecule has 2 unspecified atom stereocenters. The maximum atomic E-state index is 7.78. The number of likely N-dealkylation sites (N-methyl/N-ethyl adjacent to an activating group) is 1. The van der Waals surface area contributed by atoms with Gasteiger partial charge in [-0.1, -0.05) is 0 Å². The number of rotatable bonds is 3. The van der Waals surface area contributed by atoms with E-state index in [1.807, 2.05) is 25.8 Å². The molecule has 2 heterocycles. The fraction of sp³-hybridized carbons (Fsp3) is 0.615. The van der Waals surface area contributed by atoms with Gasteiger partial charge >= 0.3 is 0 Å². The molecule has 6 heteroatoms. The fourth-order valence-electron chi connectivity index (χ4n) is 2.55. The van der Waals surface area contributed by atoms with E-state index in [0.717, 1.165) is 24.3 Å². The third-order valence-electron chi connectivity index (χ3n) is 3.87. The lowest BCUT2D eigenvalue weighted by Crippen LogP contribution is -2.39. The number of nitrogen functional groups attached to an aromatic ring is 1. The molecule has 1 saturated heterocycles. The molecular weight excluding hydrogens is 242 g/mol. The highest BCUT2D eigenvalue weighted by Gasteiger charge is 2.31. The molecule has 0 saturated carbocycles. The molecule has 0 bridgehead atoms. The Bertz CT molecular complexity index is 502. The van der Waals surface area contributed by atoms with E-state index in [-0.39, 0.29) is 18.0 Å². The van der Waals surface area contributed by atoms with Crippen molar-refractivity contribution in [2.45, 2.75) is 39.3 Å². The van der Waals surface area contributed by atoms with Crippen LogP contribution in [0.25, 0.3) is 0 Å².